The van der Waals surface area contributed by atoms with E-state index < -0.39 is 6.29 Å². The van der Waals surface area contributed by atoms with Crippen LogP contribution in [0, 0.1) is 12.8 Å². The van der Waals surface area contributed by atoms with E-state index in [1.807, 2.05) is 42.2 Å². The predicted molar refractivity (Wildman–Crippen MR) is 174 cm³/mol. The van der Waals surface area contributed by atoms with Crippen molar-refractivity contribution in [1.82, 2.24) is 14.9 Å². The maximum Gasteiger partial charge on any atom is 0.255 e. The highest BCUT2D eigenvalue weighted by atomic mass is 32.1. The molecular formula is C34H41N5O4S. The summed E-state index contributed by atoms with van der Waals surface area (Å²) < 4.78 is 12.4. The molecule has 2 aromatic heterocycles. The van der Waals surface area contributed by atoms with Crippen molar-refractivity contribution in [2.75, 3.05) is 13.1 Å². The van der Waals surface area contributed by atoms with Crippen molar-refractivity contribution >= 4 is 23.1 Å². The summed E-state index contributed by atoms with van der Waals surface area (Å²) in [5, 5.41) is 12.9. The van der Waals surface area contributed by atoms with Crippen molar-refractivity contribution in [2.45, 2.75) is 59.7 Å². The number of oxime groups is 1. The molecule has 0 saturated heterocycles. The Bertz CT molecular complexity index is 1510. The highest BCUT2D eigenvalue weighted by Gasteiger charge is 2.20. The summed E-state index contributed by atoms with van der Waals surface area (Å²) in [6.07, 6.45) is 6.22. The number of carbonyl (C=O) groups is 1. The molecule has 4 rings (SSSR count). The van der Waals surface area contributed by atoms with Gasteiger partial charge in [-0.15, -0.1) is 11.3 Å². The first-order valence-electron chi connectivity index (χ1n) is 14.9. The van der Waals surface area contributed by atoms with Crippen molar-refractivity contribution in [1.29, 1.82) is 0 Å². The molecule has 0 fully saturated rings. The van der Waals surface area contributed by atoms with Gasteiger partial charge in [-0.3, -0.25) is 9.78 Å². The Labute approximate surface area is 263 Å². The van der Waals surface area contributed by atoms with Crippen LogP contribution in [0.3, 0.4) is 0 Å². The number of nitrogens with zero attached hydrogens (tertiary/aromatic N) is 4. The number of thiazole rings is 1. The van der Waals surface area contributed by atoms with Crippen LogP contribution in [0.25, 0.3) is 11.3 Å². The molecule has 9 nitrogen and oxygen atoms in total. The predicted octanol–water partition coefficient (Wildman–Crippen LogP) is 6.92. The molecule has 0 bridgehead atoms. The Kier molecular flexibility index (Phi) is 11.7. The number of carbonyl (C=O) groups excluding carboxylic acids is 1. The SMILES string of the molecule is CCCCC(Oc1ccc(C(N)=NO)cc1)Oc1ccc(-c2nc(C)sc2CCN(CC(C)C)C(=O)c2cccnc2)cc1. The van der Waals surface area contributed by atoms with Crippen molar-refractivity contribution in [3.63, 3.8) is 0 Å². The minimum absolute atomic E-state index is 0.00462. The highest BCUT2D eigenvalue weighted by molar-refractivity contribution is 7.12. The standard InChI is InChI=1S/C34H41N5O4S/c1-5-6-9-31(43-29-16-12-26(13-17-29)33(35)38-41)42-28-14-10-25(11-15-28)32-30(44-24(4)37-32)18-20-39(22-23(2)3)34(40)27-8-7-19-36-21-27/h7-8,10-17,19,21,23,31,41H,5-6,9,18,20,22H2,1-4H3,(H2,35,38). The minimum Gasteiger partial charge on any atom is -0.455 e. The van der Waals surface area contributed by atoms with Gasteiger partial charge in [0, 0.05) is 54.3 Å². The van der Waals surface area contributed by atoms with E-state index in [9.17, 15) is 4.79 Å². The van der Waals surface area contributed by atoms with Crippen LogP contribution in [0.5, 0.6) is 11.5 Å². The van der Waals surface area contributed by atoms with Crippen molar-refractivity contribution in [3.8, 4) is 22.8 Å². The molecular weight excluding hydrogens is 574 g/mol. The van der Waals surface area contributed by atoms with Gasteiger partial charge >= 0.3 is 0 Å². The van der Waals surface area contributed by atoms with Crippen LogP contribution < -0.4 is 15.2 Å². The zero-order valence-corrected chi connectivity index (χ0v) is 26.6. The summed E-state index contributed by atoms with van der Waals surface area (Å²) in [6, 6.07) is 18.5. The van der Waals surface area contributed by atoms with Crippen molar-refractivity contribution in [2.24, 2.45) is 16.8 Å². The average Bonchev–Trinajstić information content (AvgIpc) is 3.42. The van der Waals surface area contributed by atoms with E-state index in [1.165, 1.54) is 0 Å². The van der Waals surface area contributed by atoms with E-state index in [4.69, 9.17) is 25.4 Å². The molecule has 0 spiro atoms. The molecule has 1 amide bonds. The van der Waals surface area contributed by atoms with Crippen molar-refractivity contribution < 1.29 is 19.5 Å². The van der Waals surface area contributed by atoms with Gasteiger partial charge in [0.15, 0.2) is 5.84 Å². The van der Waals surface area contributed by atoms with Gasteiger partial charge in [0.25, 0.3) is 5.91 Å². The largest absolute Gasteiger partial charge is 0.455 e. The third-order valence-electron chi connectivity index (χ3n) is 6.91. The summed E-state index contributed by atoms with van der Waals surface area (Å²) >= 11 is 1.67. The molecule has 2 heterocycles. The monoisotopic (exact) mass is 615 g/mol. The number of hydrogen-bond acceptors (Lipinski definition) is 8. The van der Waals surface area contributed by atoms with E-state index in [0.29, 0.717) is 48.1 Å². The second-order valence-corrected chi connectivity index (χ2v) is 12.3. The van der Waals surface area contributed by atoms with E-state index in [-0.39, 0.29) is 11.7 Å². The van der Waals surface area contributed by atoms with Gasteiger partial charge in [-0.05, 0) is 79.9 Å². The van der Waals surface area contributed by atoms with Gasteiger partial charge < -0.3 is 25.3 Å². The quantitative estimate of drug-likeness (QED) is 0.0489. The first-order chi connectivity index (χ1) is 21.3. The van der Waals surface area contributed by atoms with E-state index in [0.717, 1.165) is 40.4 Å². The number of ether oxygens (including phenoxy) is 2. The number of benzene rings is 2. The second kappa shape index (κ2) is 15.9. The molecule has 0 aliphatic heterocycles. The summed E-state index contributed by atoms with van der Waals surface area (Å²) in [6.45, 7) is 9.64. The van der Waals surface area contributed by atoms with Gasteiger partial charge in [-0.1, -0.05) is 32.3 Å². The number of unbranched alkanes of at least 4 members (excludes halogenated alkanes) is 1. The lowest BCUT2D eigenvalue weighted by atomic mass is 10.1. The van der Waals surface area contributed by atoms with Crippen LogP contribution in [0.1, 0.15) is 65.8 Å². The van der Waals surface area contributed by atoms with Crippen LogP contribution in [0.2, 0.25) is 0 Å². The summed E-state index contributed by atoms with van der Waals surface area (Å²) in [5.74, 6) is 1.71. The smallest absolute Gasteiger partial charge is 0.255 e. The molecule has 232 valence electrons. The molecule has 1 unspecified atom stereocenters. The summed E-state index contributed by atoms with van der Waals surface area (Å²) in [4.78, 5) is 25.3. The fraction of sp³-hybridized carbons (Fsp3) is 0.353. The fourth-order valence-corrected chi connectivity index (χ4v) is 5.71. The molecule has 1 atom stereocenters. The number of nitrogens with two attached hydrogens (primary N) is 1. The second-order valence-electron chi connectivity index (χ2n) is 11.0. The van der Waals surface area contributed by atoms with Gasteiger partial charge in [0.05, 0.1) is 16.3 Å². The van der Waals surface area contributed by atoms with Crippen LogP contribution in [0.15, 0.2) is 78.2 Å². The van der Waals surface area contributed by atoms with Gasteiger partial charge in [-0.2, -0.15) is 0 Å². The van der Waals surface area contributed by atoms with Crippen LogP contribution in [-0.2, 0) is 6.42 Å². The maximum absolute atomic E-state index is 13.3. The Morgan fingerprint density at radius 3 is 2.32 bits per heavy atom. The lowest BCUT2D eigenvalue weighted by molar-refractivity contribution is -0.00211. The zero-order valence-electron chi connectivity index (χ0n) is 25.8. The molecule has 0 aliphatic carbocycles. The zero-order chi connectivity index (χ0) is 31.5. The number of pyridine rings is 1. The Morgan fingerprint density at radius 2 is 1.73 bits per heavy atom. The number of aromatic nitrogens is 2. The highest BCUT2D eigenvalue weighted by Crippen LogP contribution is 2.31. The molecule has 10 heteroatoms. The Hall–Kier alpha value is -4.44. The molecule has 4 aromatic rings. The number of amides is 1. The summed E-state index contributed by atoms with van der Waals surface area (Å²) in [7, 11) is 0. The lowest BCUT2D eigenvalue weighted by Crippen LogP contribution is -2.36. The summed E-state index contributed by atoms with van der Waals surface area (Å²) in [5.41, 5.74) is 8.80. The van der Waals surface area contributed by atoms with Crippen LogP contribution >= 0.6 is 11.3 Å². The molecule has 0 aliphatic rings. The normalized spacial score (nSPS) is 12.2. The number of amidine groups is 1. The molecule has 0 saturated carbocycles. The number of aryl methyl sites for hydroxylation is 1. The van der Waals surface area contributed by atoms with Gasteiger partial charge in [0.2, 0.25) is 6.29 Å². The Balaban J connectivity index is 1.45. The Morgan fingerprint density at radius 1 is 1.05 bits per heavy atom. The van der Waals surface area contributed by atoms with E-state index in [2.05, 4.69) is 30.9 Å². The third-order valence-corrected chi connectivity index (χ3v) is 7.94. The average molecular weight is 616 g/mol. The first-order valence-corrected chi connectivity index (χ1v) is 15.8. The molecule has 0 radical (unpaired) electrons. The van der Waals surface area contributed by atoms with Gasteiger partial charge in [0.1, 0.15) is 11.5 Å². The van der Waals surface area contributed by atoms with Crippen LogP contribution in [-0.4, -0.2) is 51.2 Å². The van der Waals surface area contributed by atoms with Crippen LogP contribution in [0.4, 0.5) is 0 Å². The molecule has 2 aromatic carbocycles. The fourth-order valence-electron chi connectivity index (χ4n) is 4.76. The lowest BCUT2D eigenvalue weighted by Gasteiger charge is -2.24. The number of rotatable bonds is 15. The van der Waals surface area contributed by atoms with E-state index >= 15 is 0 Å². The topological polar surface area (TPSA) is 123 Å². The molecule has 44 heavy (non-hydrogen) atoms. The first kappa shape index (κ1) is 32.5. The third kappa shape index (κ3) is 9.03. The molecule has 3 N–H and O–H groups in total. The minimum atomic E-state index is -0.475. The van der Waals surface area contributed by atoms with E-state index in [1.54, 1.807) is 54.1 Å². The van der Waals surface area contributed by atoms with Crippen molar-refractivity contribution in [3.05, 3.63) is 94.1 Å². The van der Waals surface area contributed by atoms with Gasteiger partial charge in [-0.25, -0.2) is 4.98 Å². The maximum atomic E-state index is 13.3. The number of hydrogen-bond donors (Lipinski definition) is 2.